The van der Waals surface area contributed by atoms with Gasteiger partial charge in [0.05, 0.1) is 5.66 Å². The molecule has 5 heteroatoms. The largest absolute Gasteiger partial charge is 0.438 e. The Labute approximate surface area is 207 Å². The van der Waals surface area contributed by atoms with Gasteiger partial charge in [0.1, 0.15) is 11.5 Å². The predicted octanol–water partition coefficient (Wildman–Crippen LogP) is 9.44. The second-order valence-electron chi connectivity index (χ2n) is 7.00. The first-order chi connectivity index (χ1) is 15.7. The van der Waals surface area contributed by atoms with Crippen molar-refractivity contribution in [2.24, 2.45) is 0 Å². The van der Waals surface area contributed by atoms with E-state index in [1.165, 1.54) is 0 Å². The molecule has 0 aliphatic carbocycles. The maximum absolute atomic E-state index is 6.44. The first-order valence-corrected chi connectivity index (χ1v) is 13.0. The van der Waals surface area contributed by atoms with Gasteiger partial charge in [0.2, 0.25) is 0 Å². The number of halogens is 2. The minimum absolute atomic E-state index is 0.0813. The van der Waals surface area contributed by atoms with Gasteiger partial charge in [0.15, 0.2) is 0 Å². The lowest BCUT2D eigenvalue weighted by Crippen LogP contribution is -2.05. The molecule has 0 saturated carbocycles. The van der Waals surface area contributed by atoms with Crippen molar-refractivity contribution in [2.45, 2.75) is 5.66 Å². The molecule has 0 aliphatic heterocycles. The molecule has 4 rings (SSSR count). The second-order valence-corrected chi connectivity index (χ2v) is 10.3. The lowest BCUT2D eigenvalue weighted by molar-refractivity contribution is 0.482. The quantitative estimate of drug-likeness (QED) is 0.197. The summed E-state index contributed by atoms with van der Waals surface area (Å²) in [4.78, 5) is 0. The van der Waals surface area contributed by atoms with E-state index in [2.05, 4.69) is 68.3 Å². The molecule has 0 saturated heterocycles. The fourth-order valence-electron chi connectivity index (χ4n) is 3.04. The van der Waals surface area contributed by atoms with Gasteiger partial charge in [-0.3, -0.25) is 0 Å². The third-order valence-corrected chi connectivity index (χ3v) is 7.42. The van der Waals surface area contributed by atoms with E-state index in [1.54, 1.807) is 0 Å². The molecule has 0 spiro atoms. The van der Waals surface area contributed by atoms with Crippen molar-refractivity contribution in [2.75, 3.05) is 0 Å². The lowest BCUT2D eigenvalue weighted by atomic mass is 10.1. The van der Waals surface area contributed by atoms with E-state index >= 15 is 0 Å². The minimum Gasteiger partial charge on any atom is -0.438 e. The monoisotopic (exact) mass is 566 g/mol. The fraction of sp³-hybridized carbons (Fsp3) is 0.0370. The van der Waals surface area contributed by atoms with E-state index in [-0.39, 0.29) is 5.66 Å². The van der Waals surface area contributed by atoms with Crippen molar-refractivity contribution in [1.82, 2.24) is 0 Å². The third kappa shape index (κ3) is 6.56. The van der Waals surface area contributed by atoms with Crippen LogP contribution < -0.4 is 9.05 Å². The Kier molecular flexibility index (Phi) is 8.17. The summed E-state index contributed by atoms with van der Waals surface area (Å²) in [6, 6.07) is 36.2. The molecular weight excluding hydrogens is 547 g/mol. The highest BCUT2D eigenvalue weighted by Gasteiger charge is 2.27. The van der Waals surface area contributed by atoms with Gasteiger partial charge in [-0.25, -0.2) is 0 Å². The number of allylic oxidation sites excluding steroid dienone is 1. The van der Waals surface area contributed by atoms with Crippen LogP contribution in [0.5, 0.6) is 11.5 Å². The van der Waals surface area contributed by atoms with Gasteiger partial charge >= 0.3 is 8.38 Å². The van der Waals surface area contributed by atoms with Gasteiger partial charge in [-0.2, -0.15) is 0 Å². The van der Waals surface area contributed by atoms with Gasteiger partial charge in [-0.15, -0.1) is 0 Å². The molecule has 0 aliphatic rings. The summed E-state index contributed by atoms with van der Waals surface area (Å²) in [5.74, 6) is 1.57. The fourth-order valence-corrected chi connectivity index (χ4v) is 5.14. The van der Waals surface area contributed by atoms with E-state index in [9.17, 15) is 0 Å². The molecule has 32 heavy (non-hydrogen) atoms. The Bertz CT molecular complexity index is 1090. The Morgan fingerprint density at radius 3 is 1.56 bits per heavy atom. The Balaban J connectivity index is 1.71. The van der Waals surface area contributed by atoms with E-state index < -0.39 is 8.38 Å². The molecule has 4 aromatic carbocycles. The molecule has 4 aromatic rings. The summed E-state index contributed by atoms with van der Waals surface area (Å²) < 4.78 is 15.0. The number of benzene rings is 4. The highest BCUT2D eigenvalue weighted by molar-refractivity contribution is 9.10. The Hall–Kier alpha value is -2.39. The first-order valence-electron chi connectivity index (χ1n) is 10.1. The van der Waals surface area contributed by atoms with E-state index in [0.717, 1.165) is 31.6 Å². The lowest BCUT2D eigenvalue weighted by Gasteiger charge is -2.25. The zero-order valence-corrected chi connectivity index (χ0v) is 21.2. The van der Waals surface area contributed by atoms with Crippen molar-refractivity contribution >= 4 is 46.3 Å². The average Bonchev–Trinajstić information content (AvgIpc) is 2.83. The van der Waals surface area contributed by atoms with Crippen molar-refractivity contribution in [1.29, 1.82) is 0 Å². The molecule has 1 atom stereocenters. The summed E-state index contributed by atoms with van der Waals surface area (Å²) in [5.41, 5.74) is 2.16. The summed E-state index contributed by atoms with van der Waals surface area (Å²) in [5, 5.41) is 0. The highest BCUT2D eigenvalue weighted by Crippen LogP contribution is 2.54. The van der Waals surface area contributed by atoms with E-state index in [4.69, 9.17) is 9.05 Å². The molecule has 160 valence electrons. The molecule has 0 aromatic heterocycles. The van der Waals surface area contributed by atoms with Crippen LogP contribution in [-0.2, 0) is 0 Å². The highest BCUT2D eigenvalue weighted by atomic mass is 79.9. The van der Waals surface area contributed by atoms with Gasteiger partial charge in [-0.05, 0) is 59.7 Å². The van der Waals surface area contributed by atoms with Crippen molar-refractivity contribution < 1.29 is 9.05 Å². The molecule has 0 radical (unpaired) electrons. The van der Waals surface area contributed by atoms with Crippen LogP contribution in [0.2, 0.25) is 0 Å². The van der Waals surface area contributed by atoms with Crippen molar-refractivity contribution in [3.05, 3.63) is 135 Å². The summed E-state index contributed by atoms with van der Waals surface area (Å²) in [6.45, 7) is 0. The van der Waals surface area contributed by atoms with Crippen LogP contribution in [0, 0.1) is 0 Å². The number of rotatable bonds is 8. The second kappa shape index (κ2) is 11.5. The topological polar surface area (TPSA) is 18.5 Å². The normalized spacial score (nSPS) is 12.1. The zero-order valence-electron chi connectivity index (χ0n) is 17.1. The molecule has 0 bridgehead atoms. The molecule has 0 amide bonds. The van der Waals surface area contributed by atoms with E-state index in [1.807, 2.05) is 84.9 Å². The Morgan fingerprint density at radius 2 is 1.06 bits per heavy atom. The summed E-state index contributed by atoms with van der Waals surface area (Å²) in [6.07, 6.45) is 4.29. The molecule has 1 unspecified atom stereocenters. The number of hydrogen-bond acceptors (Lipinski definition) is 2. The molecule has 0 N–H and O–H groups in total. The first kappa shape index (κ1) is 22.8. The maximum atomic E-state index is 6.44. The van der Waals surface area contributed by atoms with Crippen molar-refractivity contribution in [3.63, 3.8) is 0 Å². The van der Waals surface area contributed by atoms with Gasteiger partial charge in [0.25, 0.3) is 0 Å². The number of hydrogen-bond donors (Lipinski definition) is 0. The number of para-hydroxylation sites is 2. The van der Waals surface area contributed by atoms with Crippen LogP contribution in [-0.4, -0.2) is 0 Å². The minimum atomic E-state index is -1.38. The van der Waals surface area contributed by atoms with Gasteiger partial charge in [0, 0.05) is 8.95 Å². The standard InChI is InChI=1S/C27H21Br2O2P/c28-23-16-11-21(12-17-23)13-20-27(22-14-18-24(29)19-15-22)32(30-25-7-3-1-4-8-25)31-26-9-5-2-6-10-26/h1-20,27H/b20-13+. The smallest absolute Gasteiger partial charge is 0.302 e. The van der Waals surface area contributed by atoms with Gasteiger partial charge in [-0.1, -0.05) is 105 Å². The molecular formula is C27H21Br2O2P. The molecule has 0 fully saturated rings. The van der Waals surface area contributed by atoms with Gasteiger partial charge < -0.3 is 9.05 Å². The SMILES string of the molecule is Brc1ccc(/C=C/C(c2ccc(Br)cc2)P(Oc2ccccc2)Oc2ccccc2)cc1. The Morgan fingerprint density at radius 1 is 0.594 bits per heavy atom. The van der Waals surface area contributed by atoms with E-state index in [0.29, 0.717) is 0 Å². The average molecular weight is 568 g/mol. The van der Waals surface area contributed by atoms with Crippen LogP contribution in [0.15, 0.2) is 124 Å². The third-order valence-electron chi connectivity index (χ3n) is 4.66. The van der Waals surface area contributed by atoms with Crippen LogP contribution in [0.4, 0.5) is 0 Å². The maximum Gasteiger partial charge on any atom is 0.302 e. The molecule has 2 nitrogen and oxygen atoms in total. The summed E-state index contributed by atoms with van der Waals surface area (Å²) in [7, 11) is -1.38. The van der Waals surface area contributed by atoms with Crippen LogP contribution in [0.1, 0.15) is 16.8 Å². The van der Waals surface area contributed by atoms with Crippen LogP contribution in [0.3, 0.4) is 0 Å². The van der Waals surface area contributed by atoms with Crippen molar-refractivity contribution in [3.8, 4) is 11.5 Å². The molecule has 0 heterocycles. The summed E-state index contributed by atoms with van der Waals surface area (Å²) >= 11 is 7.04. The van der Waals surface area contributed by atoms with Crippen LogP contribution in [0.25, 0.3) is 6.08 Å². The van der Waals surface area contributed by atoms with Crippen LogP contribution >= 0.6 is 40.2 Å². The predicted molar refractivity (Wildman–Crippen MR) is 141 cm³/mol. The zero-order chi connectivity index (χ0) is 22.2.